The minimum absolute atomic E-state index is 0.121. The molecule has 1 heterocycles. The van der Waals surface area contributed by atoms with Gasteiger partial charge in [-0.15, -0.1) is 0 Å². The number of rotatable bonds is 7. The molecule has 3 N–H and O–H groups in total. The molecule has 1 atom stereocenters. The number of carbonyl (C=O) groups excluding carboxylic acids is 2. The summed E-state index contributed by atoms with van der Waals surface area (Å²) in [5.41, 5.74) is 0.411. The Morgan fingerprint density at radius 3 is 2.57 bits per heavy atom. The molecule has 3 amide bonds. The zero-order valence-corrected chi connectivity index (χ0v) is 12.9. The van der Waals surface area contributed by atoms with Crippen molar-refractivity contribution in [2.75, 3.05) is 26.2 Å². The average molecular weight is 323 g/mol. The van der Waals surface area contributed by atoms with Gasteiger partial charge in [-0.05, 0) is 43.5 Å². The van der Waals surface area contributed by atoms with E-state index in [0.29, 0.717) is 31.6 Å². The Kier molecular flexibility index (Phi) is 6.80. The number of urea groups is 1. The van der Waals surface area contributed by atoms with Crippen molar-refractivity contribution in [2.45, 2.75) is 25.4 Å². The van der Waals surface area contributed by atoms with Gasteiger partial charge in [0.15, 0.2) is 0 Å². The zero-order chi connectivity index (χ0) is 16.5. The van der Waals surface area contributed by atoms with Gasteiger partial charge in [0.25, 0.3) is 5.91 Å². The number of hydrogen-bond acceptors (Lipinski definition) is 3. The van der Waals surface area contributed by atoms with Crippen molar-refractivity contribution in [3.8, 4) is 0 Å². The Bertz CT molecular complexity index is 516. The Morgan fingerprint density at radius 1 is 1.13 bits per heavy atom. The van der Waals surface area contributed by atoms with E-state index in [9.17, 15) is 14.0 Å². The van der Waals surface area contributed by atoms with Crippen LogP contribution in [0, 0.1) is 5.82 Å². The SMILES string of the molecule is O=C(NCCCNC(=O)c1ccc(F)cc1)NC[C@@H]1CCCO1. The summed E-state index contributed by atoms with van der Waals surface area (Å²) in [6.45, 7) is 2.18. The molecule has 0 radical (unpaired) electrons. The molecule has 1 aromatic carbocycles. The molecule has 0 aromatic heterocycles. The van der Waals surface area contributed by atoms with Gasteiger partial charge in [0.05, 0.1) is 6.10 Å². The predicted molar refractivity (Wildman–Crippen MR) is 83.7 cm³/mol. The van der Waals surface area contributed by atoms with Crippen molar-refractivity contribution in [1.82, 2.24) is 16.0 Å². The predicted octanol–water partition coefficient (Wildman–Crippen LogP) is 1.42. The molecule has 23 heavy (non-hydrogen) atoms. The maximum atomic E-state index is 12.8. The van der Waals surface area contributed by atoms with Crippen LogP contribution in [0.25, 0.3) is 0 Å². The van der Waals surface area contributed by atoms with Crippen LogP contribution in [0.5, 0.6) is 0 Å². The summed E-state index contributed by atoms with van der Waals surface area (Å²) in [4.78, 5) is 23.3. The fraction of sp³-hybridized carbons (Fsp3) is 0.500. The molecule has 1 aliphatic heterocycles. The van der Waals surface area contributed by atoms with E-state index in [0.717, 1.165) is 19.4 Å². The molecular formula is C16H22FN3O3. The largest absolute Gasteiger partial charge is 0.376 e. The van der Waals surface area contributed by atoms with Gasteiger partial charge in [0, 0.05) is 31.8 Å². The second kappa shape index (κ2) is 9.09. The van der Waals surface area contributed by atoms with Gasteiger partial charge in [-0.1, -0.05) is 0 Å². The van der Waals surface area contributed by atoms with Crippen LogP contribution in [0.4, 0.5) is 9.18 Å². The third kappa shape index (κ3) is 6.23. The Balaban J connectivity index is 1.52. The molecule has 1 aliphatic rings. The topological polar surface area (TPSA) is 79.5 Å². The van der Waals surface area contributed by atoms with Crippen molar-refractivity contribution in [3.05, 3.63) is 35.6 Å². The minimum atomic E-state index is -0.375. The van der Waals surface area contributed by atoms with Crippen molar-refractivity contribution in [1.29, 1.82) is 0 Å². The lowest BCUT2D eigenvalue weighted by Crippen LogP contribution is -2.40. The van der Waals surface area contributed by atoms with E-state index in [1.54, 1.807) is 0 Å². The fourth-order valence-corrected chi connectivity index (χ4v) is 2.27. The highest BCUT2D eigenvalue weighted by molar-refractivity contribution is 5.94. The van der Waals surface area contributed by atoms with Crippen LogP contribution in [0.1, 0.15) is 29.6 Å². The summed E-state index contributed by atoms with van der Waals surface area (Å²) >= 11 is 0. The fourth-order valence-electron chi connectivity index (χ4n) is 2.27. The van der Waals surface area contributed by atoms with E-state index in [1.807, 2.05) is 0 Å². The van der Waals surface area contributed by atoms with E-state index in [-0.39, 0.29) is 23.9 Å². The Hall–Kier alpha value is -2.15. The van der Waals surface area contributed by atoms with Crippen molar-refractivity contribution in [3.63, 3.8) is 0 Å². The number of benzene rings is 1. The van der Waals surface area contributed by atoms with Crippen molar-refractivity contribution in [2.24, 2.45) is 0 Å². The van der Waals surface area contributed by atoms with Gasteiger partial charge in [-0.25, -0.2) is 9.18 Å². The number of hydrogen-bond donors (Lipinski definition) is 3. The summed E-state index contributed by atoms with van der Waals surface area (Å²) in [5.74, 6) is -0.632. The van der Waals surface area contributed by atoms with Crippen LogP contribution in [0.2, 0.25) is 0 Å². The summed E-state index contributed by atoms with van der Waals surface area (Å²) in [6.07, 6.45) is 2.76. The summed E-state index contributed by atoms with van der Waals surface area (Å²) < 4.78 is 18.2. The molecule has 126 valence electrons. The zero-order valence-electron chi connectivity index (χ0n) is 12.9. The molecule has 0 unspecified atom stereocenters. The van der Waals surface area contributed by atoms with Crippen molar-refractivity contribution < 1.29 is 18.7 Å². The lowest BCUT2D eigenvalue weighted by atomic mass is 10.2. The first-order chi connectivity index (χ1) is 11.1. The lowest BCUT2D eigenvalue weighted by molar-refractivity contribution is 0.0953. The van der Waals surface area contributed by atoms with Gasteiger partial charge >= 0.3 is 6.03 Å². The molecule has 0 spiro atoms. The number of halogens is 1. The molecule has 7 heteroatoms. The van der Waals surface area contributed by atoms with E-state index in [1.165, 1.54) is 24.3 Å². The average Bonchev–Trinajstić information content (AvgIpc) is 3.06. The third-order valence-electron chi connectivity index (χ3n) is 3.55. The highest BCUT2D eigenvalue weighted by Crippen LogP contribution is 2.10. The van der Waals surface area contributed by atoms with Gasteiger partial charge in [0.2, 0.25) is 0 Å². The van der Waals surface area contributed by atoms with Crippen LogP contribution in [-0.4, -0.2) is 44.3 Å². The number of amides is 3. The van der Waals surface area contributed by atoms with Gasteiger partial charge in [-0.2, -0.15) is 0 Å². The first-order valence-electron chi connectivity index (χ1n) is 7.82. The summed E-state index contributed by atoms with van der Waals surface area (Å²) in [5, 5.41) is 8.19. The van der Waals surface area contributed by atoms with Gasteiger partial charge in [0.1, 0.15) is 5.82 Å². The number of nitrogens with one attached hydrogen (secondary N) is 3. The Morgan fingerprint density at radius 2 is 1.87 bits per heavy atom. The molecule has 0 bridgehead atoms. The van der Waals surface area contributed by atoms with E-state index < -0.39 is 0 Å². The Labute approximate surface area is 134 Å². The molecule has 1 aromatic rings. The molecule has 1 saturated heterocycles. The smallest absolute Gasteiger partial charge is 0.314 e. The van der Waals surface area contributed by atoms with Crippen LogP contribution in [-0.2, 0) is 4.74 Å². The monoisotopic (exact) mass is 323 g/mol. The first-order valence-corrected chi connectivity index (χ1v) is 7.82. The third-order valence-corrected chi connectivity index (χ3v) is 3.55. The number of ether oxygens (including phenoxy) is 1. The molecule has 1 fully saturated rings. The van der Waals surface area contributed by atoms with E-state index >= 15 is 0 Å². The maximum Gasteiger partial charge on any atom is 0.314 e. The quantitative estimate of drug-likeness (QED) is 0.664. The maximum absolute atomic E-state index is 12.8. The van der Waals surface area contributed by atoms with E-state index in [4.69, 9.17) is 4.74 Å². The first kappa shape index (κ1) is 17.2. The molecular weight excluding hydrogens is 301 g/mol. The van der Waals surface area contributed by atoms with E-state index in [2.05, 4.69) is 16.0 Å². The number of carbonyl (C=O) groups is 2. The standard InChI is InChI=1S/C16H22FN3O3/c17-13-6-4-12(5-7-13)15(21)18-8-2-9-19-16(22)20-11-14-3-1-10-23-14/h4-7,14H,1-3,8-11H2,(H,18,21)(H2,19,20,22)/t14-/m0/s1. The highest BCUT2D eigenvalue weighted by Gasteiger charge is 2.15. The summed E-state index contributed by atoms with van der Waals surface area (Å²) in [7, 11) is 0. The van der Waals surface area contributed by atoms with Crippen LogP contribution >= 0.6 is 0 Å². The molecule has 2 rings (SSSR count). The molecule has 0 saturated carbocycles. The van der Waals surface area contributed by atoms with Crippen LogP contribution in [0.3, 0.4) is 0 Å². The lowest BCUT2D eigenvalue weighted by Gasteiger charge is -2.11. The molecule has 0 aliphatic carbocycles. The highest BCUT2D eigenvalue weighted by atomic mass is 19.1. The second-order valence-electron chi connectivity index (χ2n) is 5.39. The van der Waals surface area contributed by atoms with Crippen molar-refractivity contribution >= 4 is 11.9 Å². The van der Waals surface area contributed by atoms with Gasteiger partial charge < -0.3 is 20.7 Å². The van der Waals surface area contributed by atoms with Gasteiger partial charge in [-0.3, -0.25) is 4.79 Å². The second-order valence-corrected chi connectivity index (χ2v) is 5.39. The normalized spacial score (nSPS) is 16.8. The van der Waals surface area contributed by atoms with Crippen LogP contribution < -0.4 is 16.0 Å². The van der Waals surface area contributed by atoms with Crippen LogP contribution in [0.15, 0.2) is 24.3 Å². The molecule has 6 nitrogen and oxygen atoms in total. The summed E-state index contributed by atoms with van der Waals surface area (Å²) in [6, 6.07) is 5.12. The minimum Gasteiger partial charge on any atom is -0.376 e.